The van der Waals surface area contributed by atoms with Crippen LogP contribution in [0.2, 0.25) is 5.02 Å². The fourth-order valence-corrected chi connectivity index (χ4v) is 5.62. The van der Waals surface area contributed by atoms with Crippen molar-refractivity contribution in [3.05, 3.63) is 53.6 Å². The van der Waals surface area contributed by atoms with Crippen LogP contribution in [0.25, 0.3) is 11.1 Å². The van der Waals surface area contributed by atoms with Crippen LogP contribution in [0.4, 0.5) is 0 Å². The second kappa shape index (κ2) is 9.88. The number of carbonyl (C=O) groups is 3. The minimum absolute atomic E-state index is 0.0288. The number of likely N-dealkylation sites (tertiary alicyclic amines) is 1. The van der Waals surface area contributed by atoms with E-state index in [1.807, 2.05) is 19.1 Å². The monoisotopic (exact) mass is 505 g/mol. The van der Waals surface area contributed by atoms with Crippen molar-refractivity contribution in [2.75, 3.05) is 12.3 Å². The highest BCUT2D eigenvalue weighted by Gasteiger charge is 2.44. The van der Waals surface area contributed by atoms with Crippen molar-refractivity contribution in [2.24, 2.45) is 17.3 Å². The van der Waals surface area contributed by atoms with E-state index >= 15 is 0 Å². The van der Waals surface area contributed by atoms with E-state index in [2.05, 4.69) is 0 Å². The van der Waals surface area contributed by atoms with Crippen LogP contribution >= 0.6 is 11.6 Å². The molecule has 9 heteroatoms. The molecule has 1 aliphatic rings. The normalized spacial score (nSPS) is 19.5. The van der Waals surface area contributed by atoms with Gasteiger partial charge < -0.3 is 5.11 Å². The highest BCUT2D eigenvalue weighted by atomic mass is 35.5. The number of hydrogen-bond acceptors (Lipinski definition) is 5. The minimum Gasteiger partial charge on any atom is -0.481 e. The molecule has 1 heterocycles. The molecule has 1 aliphatic heterocycles. The lowest BCUT2D eigenvalue weighted by molar-refractivity contribution is -0.152. The largest absolute Gasteiger partial charge is 0.481 e. The molecule has 1 saturated heterocycles. The lowest BCUT2D eigenvalue weighted by Crippen LogP contribution is -2.48. The van der Waals surface area contributed by atoms with Gasteiger partial charge in [0.15, 0.2) is 9.84 Å². The van der Waals surface area contributed by atoms with Crippen molar-refractivity contribution >= 4 is 39.2 Å². The molecule has 0 aromatic heterocycles. The quantitative estimate of drug-likeness (QED) is 0.562. The van der Waals surface area contributed by atoms with Gasteiger partial charge in [0, 0.05) is 23.4 Å². The zero-order valence-electron chi connectivity index (χ0n) is 19.3. The van der Waals surface area contributed by atoms with E-state index in [1.54, 1.807) is 38.1 Å². The molecule has 182 valence electrons. The van der Waals surface area contributed by atoms with Crippen LogP contribution in [0, 0.1) is 17.3 Å². The molecule has 2 aromatic rings. The number of carboxylic acids is 1. The number of imide groups is 1. The molecular formula is C25H28ClNO6S. The zero-order valence-corrected chi connectivity index (χ0v) is 20.9. The van der Waals surface area contributed by atoms with E-state index in [4.69, 9.17) is 11.6 Å². The summed E-state index contributed by atoms with van der Waals surface area (Å²) in [6.07, 6.45) is 0.617. The highest BCUT2D eigenvalue weighted by Crippen LogP contribution is 2.36. The number of sulfone groups is 1. The van der Waals surface area contributed by atoms with Crippen LogP contribution < -0.4 is 0 Å². The number of nitrogens with zero attached hydrogens (tertiary/aromatic N) is 1. The Balaban J connectivity index is 1.82. The first-order chi connectivity index (χ1) is 15.8. The molecule has 2 atom stereocenters. The SMILES string of the molecule is CC1CCC(=O)N(CC(CS(=O)(=O)c2ccc(-c3ccc(Cl)cc3)cc2)C(=O)O)C(=O)C1(C)C. The van der Waals surface area contributed by atoms with Crippen molar-refractivity contribution in [1.82, 2.24) is 4.90 Å². The lowest BCUT2D eigenvalue weighted by Gasteiger charge is -2.32. The maximum Gasteiger partial charge on any atom is 0.309 e. The first kappa shape index (κ1) is 25.9. The lowest BCUT2D eigenvalue weighted by atomic mass is 9.77. The molecule has 3 rings (SSSR count). The van der Waals surface area contributed by atoms with Gasteiger partial charge >= 0.3 is 5.97 Å². The topological polar surface area (TPSA) is 109 Å². The van der Waals surface area contributed by atoms with E-state index in [-0.39, 0.29) is 17.2 Å². The maximum absolute atomic E-state index is 13.0. The molecule has 2 unspecified atom stereocenters. The van der Waals surface area contributed by atoms with E-state index in [0.717, 1.165) is 16.0 Å². The van der Waals surface area contributed by atoms with Gasteiger partial charge in [-0.1, -0.05) is 56.6 Å². The molecule has 2 aromatic carbocycles. The summed E-state index contributed by atoms with van der Waals surface area (Å²) in [6, 6.07) is 13.2. The van der Waals surface area contributed by atoms with Crippen LogP contribution in [0.1, 0.15) is 33.6 Å². The van der Waals surface area contributed by atoms with E-state index in [1.165, 1.54) is 12.1 Å². The Labute approximate surface area is 204 Å². The number of carbonyl (C=O) groups excluding carboxylic acids is 2. The van der Waals surface area contributed by atoms with Crippen molar-refractivity contribution in [3.63, 3.8) is 0 Å². The fourth-order valence-electron chi connectivity index (χ4n) is 3.97. The predicted octanol–water partition coefficient (Wildman–Crippen LogP) is 4.29. The molecule has 34 heavy (non-hydrogen) atoms. The molecule has 1 fully saturated rings. The van der Waals surface area contributed by atoms with Crippen LogP contribution in [0.3, 0.4) is 0 Å². The summed E-state index contributed by atoms with van der Waals surface area (Å²) in [5.41, 5.74) is 0.778. The van der Waals surface area contributed by atoms with E-state index in [9.17, 15) is 27.9 Å². The first-order valence-corrected chi connectivity index (χ1v) is 13.0. The summed E-state index contributed by atoms with van der Waals surface area (Å²) in [6.45, 7) is 4.84. The minimum atomic E-state index is -4.00. The molecule has 0 saturated carbocycles. The standard InChI is InChI=1S/C25H28ClNO6S/c1-16-4-13-22(28)27(24(31)25(16,2)3)14-19(23(29)30)15-34(32,33)21-11-7-18(8-12-21)17-5-9-20(26)10-6-17/h5-12,16,19H,4,13-15H2,1-3H3,(H,29,30). The van der Waals surface area contributed by atoms with Gasteiger partial charge in [-0.2, -0.15) is 0 Å². The Morgan fingerprint density at radius 3 is 2.15 bits per heavy atom. The smallest absolute Gasteiger partial charge is 0.309 e. The summed E-state index contributed by atoms with van der Waals surface area (Å²) in [7, 11) is -4.00. The van der Waals surface area contributed by atoms with Gasteiger partial charge in [0.05, 0.1) is 16.6 Å². The molecule has 1 N–H and O–H groups in total. The van der Waals surface area contributed by atoms with Crippen LogP contribution in [-0.2, 0) is 24.2 Å². The van der Waals surface area contributed by atoms with Gasteiger partial charge in [0.2, 0.25) is 11.8 Å². The third-order valence-corrected chi connectivity index (χ3v) is 8.77. The van der Waals surface area contributed by atoms with Gasteiger partial charge in [-0.25, -0.2) is 8.42 Å². The highest BCUT2D eigenvalue weighted by molar-refractivity contribution is 7.91. The molecule has 7 nitrogen and oxygen atoms in total. The molecule has 0 aliphatic carbocycles. The Morgan fingerprint density at radius 2 is 1.62 bits per heavy atom. The average Bonchev–Trinajstić information content (AvgIpc) is 2.85. The number of hydrogen-bond donors (Lipinski definition) is 1. The molecule has 0 spiro atoms. The van der Waals surface area contributed by atoms with E-state index in [0.29, 0.717) is 11.4 Å². The van der Waals surface area contributed by atoms with Crippen LogP contribution in [0.5, 0.6) is 0 Å². The molecular weight excluding hydrogens is 478 g/mol. The maximum atomic E-state index is 13.0. The van der Waals surface area contributed by atoms with Crippen LogP contribution in [0.15, 0.2) is 53.4 Å². The van der Waals surface area contributed by atoms with Gasteiger partial charge in [0.25, 0.3) is 0 Å². The van der Waals surface area contributed by atoms with Gasteiger partial charge in [-0.3, -0.25) is 19.3 Å². The number of amides is 2. The fraction of sp³-hybridized carbons (Fsp3) is 0.400. The third kappa shape index (κ3) is 5.50. The number of carboxylic acid groups (broad SMARTS) is 1. The van der Waals surface area contributed by atoms with Gasteiger partial charge in [-0.05, 0) is 47.7 Å². The molecule has 2 amide bonds. The third-order valence-electron chi connectivity index (χ3n) is 6.68. The summed E-state index contributed by atoms with van der Waals surface area (Å²) in [4.78, 5) is 38.5. The van der Waals surface area contributed by atoms with Crippen molar-refractivity contribution < 1.29 is 27.9 Å². The predicted molar refractivity (Wildman–Crippen MR) is 129 cm³/mol. The van der Waals surface area contributed by atoms with Crippen molar-refractivity contribution in [3.8, 4) is 11.1 Å². The Bertz CT molecular complexity index is 1190. The number of benzene rings is 2. The summed E-state index contributed by atoms with van der Waals surface area (Å²) >= 11 is 5.90. The first-order valence-electron chi connectivity index (χ1n) is 11.0. The second-order valence-corrected chi connectivity index (χ2v) is 11.8. The van der Waals surface area contributed by atoms with Crippen molar-refractivity contribution in [1.29, 1.82) is 0 Å². The molecule has 0 radical (unpaired) electrons. The summed E-state index contributed by atoms with van der Waals surface area (Å²) in [5, 5.41) is 10.3. The Hall–Kier alpha value is -2.71. The number of halogens is 1. The van der Waals surface area contributed by atoms with Gasteiger partial charge in [0.1, 0.15) is 0 Å². The molecule has 0 bridgehead atoms. The summed E-state index contributed by atoms with van der Waals surface area (Å²) < 4.78 is 26.0. The average molecular weight is 506 g/mol. The Kier molecular flexibility index (Phi) is 7.53. The second-order valence-electron chi connectivity index (χ2n) is 9.32. The van der Waals surface area contributed by atoms with Crippen LogP contribution in [-0.4, -0.2) is 48.5 Å². The number of rotatable bonds is 7. The number of aliphatic carboxylic acids is 1. The van der Waals surface area contributed by atoms with E-state index < -0.39 is 51.3 Å². The zero-order chi connectivity index (χ0) is 25.3. The van der Waals surface area contributed by atoms with Gasteiger partial charge in [-0.15, -0.1) is 0 Å². The Morgan fingerprint density at radius 1 is 1.09 bits per heavy atom. The van der Waals surface area contributed by atoms with Crippen molar-refractivity contribution in [2.45, 2.75) is 38.5 Å². The summed E-state index contributed by atoms with van der Waals surface area (Å²) in [5.74, 6) is -4.57.